The Labute approximate surface area is 116 Å². The van der Waals surface area contributed by atoms with Crippen LogP contribution in [0.2, 0.25) is 0 Å². The van der Waals surface area contributed by atoms with E-state index in [1.807, 2.05) is 6.92 Å². The van der Waals surface area contributed by atoms with Crippen molar-refractivity contribution >= 4 is 10.2 Å². The molecule has 1 N–H and O–H groups in total. The van der Waals surface area contributed by atoms with E-state index in [2.05, 4.69) is 6.92 Å². The van der Waals surface area contributed by atoms with Gasteiger partial charge in [-0.2, -0.15) is 17.0 Å². The van der Waals surface area contributed by atoms with Gasteiger partial charge in [0.25, 0.3) is 10.2 Å². The lowest BCUT2D eigenvalue weighted by atomic mass is 9.95. The third-order valence-electron chi connectivity index (χ3n) is 4.53. The van der Waals surface area contributed by atoms with Gasteiger partial charge < -0.3 is 5.11 Å². The normalized spacial score (nSPS) is 32.6. The molecule has 0 saturated carbocycles. The van der Waals surface area contributed by atoms with Crippen molar-refractivity contribution in [3.8, 4) is 0 Å². The molecule has 0 bridgehead atoms. The van der Waals surface area contributed by atoms with Crippen LogP contribution in [0.3, 0.4) is 0 Å². The van der Waals surface area contributed by atoms with E-state index in [9.17, 15) is 8.42 Å². The fourth-order valence-corrected chi connectivity index (χ4v) is 5.05. The number of nitrogens with zero attached hydrogens (tertiary/aromatic N) is 2. The maximum Gasteiger partial charge on any atom is 0.282 e. The molecule has 2 aliphatic rings. The first kappa shape index (κ1) is 15.2. The predicted octanol–water partition coefficient (Wildman–Crippen LogP) is 1.06. The third-order valence-corrected chi connectivity index (χ3v) is 6.68. The Morgan fingerprint density at radius 2 is 1.74 bits per heavy atom. The SMILES string of the molecule is CC1CCN(S(=O)(=O)N2CCC(CO)CC2)C(C)C1. The molecule has 0 aromatic heterocycles. The highest BCUT2D eigenvalue weighted by molar-refractivity contribution is 7.86. The Morgan fingerprint density at radius 1 is 1.11 bits per heavy atom. The van der Waals surface area contributed by atoms with E-state index in [1.54, 1.807) is 8.61 Å². The van der Waals surface area contributed by atoms with Crippen LogP contribution in [0.1, 0.15) is 39.5 Å². The second-order valence-corrected chi connectivity index (χ2v) is 8.00. The maximum absolute atomic E-state index is 12.6. The van der Waals surface area contributed by atoms with Gasteiger partial charge in [0.05, 0.1) is 0 Å². The number of piperidine rings is 2. The first-order valence-electron chi connectivity index (χ1n) is 7.33. The van der Waals surface area contributed by atoms with Gasteiger partial charge in [-0.3, -0.25) is 0 Å². The molecule has 2 atom stereocenters. The molecule has 0 spiro atoms. The lowest BCUT2D eigenvalue weighted by Gasteiger charge is -2.40. The minimum Gasteiger partial charge on any atom is -0.396 e. The van der Waals surface area contributed by atoms with Crippen LogP contribution in [-0.2, 0) is 10.2 Å². The molecule has 112 valence electrons. The zero-order chi connectivity index (χ0) is 14.0. The monoisotopic (exact) mass is 290 g/mol. The zero-order valence-electron chi connectivity index (χ0n) is 12.0. The number of aliphatic hydroxyl groups is 1. The summed E-state index contributed by atoms with van der Waals surface area (Å²) in [5.41, 5.74) is 0. The minimum absolute atomic E-state index is 0.101. The van der Waals surface area contributed by atoms with Crippen molar-refractivity contribution in [3.63, 3.8) is 0 Å². The molecule has 2 unspecified atom stereocenters. The fourth-order valence-electron chi connectivity index (χ4n) is 3.20. The van der Waals surface area contributed by atoms with Gasteiger partial charge in [-0.05, 0) is 44.4 Å². The van der Waals surface area contributed by atoms with E-state index >= 15 is 0 Å². The molecular formula is C13H26N2O3S. The van der Waals surface area contributed by atoms with E-state index < -0.39 is 10.2 Å². The van der Waals surface area contributed by atoms with Crippen molar-refractivity contribution in [1.29, 1.82) is 0 Å². The van der Waals surface area contributed by atoms with Gasteiger partial charge in [-0.1, -0.05) is 6.92 Å². The third kappa shape index (κ3) is 3.29. The van der Waals surface area contributed by atoms with Crippen LogP contribution in [0, 0.1) is 11.8 Å². The number of hydrogen-bond donors (Lipinski definition) is 1. The van der Waals surface area contributed by atoms with Crippen molar-refractivity contribution in [1.82, 2.24) is 8.61 Å². The summed E-state index contributed by atoms with van der Waals surface area (Å²) in [5, 5.41) is 9.12. The van der Waals surface area contributed by atoms with E-state index in [1.165, 1.54) is 0 Å². The van der Waals surface area contributed by atoms with Crippen LogP contribution in [0.4, 0.5) is 0 Å². The van der Waals surface area contributed by atoms with E-state index in [0.29, 0.717) is 25.6 Å². The highest BCUT2D eigenvalue weighted by atomic mass is 32.2. The minimum atomic E-state index is -3.30. The zero-order valence-corrected chi connectivity index (χ0v) is 12.8. The van der Waals surface area contributed by atoms with Crippen molar-refractivity contribution in [2.75, 3.05) is 26.2 Å². The van der Waals surface area contributed by atoms with Crippen LogP contribution < -0.4 is 0 Å². The lowest BCUT2D eigenvalue weighted by molar-refractivity contribution is 0.157. The quantitative estimate of drug-likeness (QED) is 0.845. The van der Waals surface area contributed by atoms with Gasteiger partial charge in [0.1, 0.15) is 0 Å². The predicted molar refractivity (Wildman–Crippen MR) is 74.9 cm³/mol. The molecule has 2 heterocycles. The summed E-state index contributed by atoms with van der Waals surface area (Å²) in [4.78, 5) is 0. The smallest absolute Gasteiger partial charge is 0.282 e. The van der Waals surface area contributed by atoms with Gasteiger partial charge >= 0.3 is 0 Å². The van der Waals surface area contributed by atoms with Crippen molar-refractivity contribution in [2.45, 2.75) is 45.6 Å². The first-order chi connectivity index (χ1) is 8.95. The summed E-state index contributed by atoms with van der Waals surface area (Å²) in [6.45, 7) is 6.11. The Morgan fingerprint density at radius 3 is 2.26 bits per heavy atom. The molecule has 0 aromatic rings. The summed E-state index contributed by atoms with van der Waals surface area (Å²) in [7, 11) is -3.30. The molecule has 6 heteroatoms. The van der Waals surface area contributed by atoms with Crippen LogP contribution in [0.25, 0.3) is 0 Å². The van der Waals surface area contributed by atoms with Crippen molar-refractivity contribution in [3.05, 3.63) is 0 Å². The van der Waals surface area contributed by atoms with Gasteiger partial charge in [0.15, 0.2) is 0 Å². The number of aliphatic hydroxyl groups excluding tert-OH is 1. The Balaban J connectivity index is 2.02. The van der Waals surface area contributed by atoms with Crippen LogP contribution in [-0.4, -0.2) is 54.4 Å². The second kappa shape index (κ2) is 6.08. The maximum atomic E-state index is 12.6. The Bertz CT molecular complexity index is 391. The molecule has 2 rings (SSSR count). The van der Waals surface area contributed by atoms with Crippen LogP contribution >= 0.6 is 0 Å². The highest BCUT2D eigenvalue weighted by Crippen LogP contribution is 2.28. The van der Waals surface area contributed by atoms with Crippen LogP contribution in [0.15, 0.2) is 0 Å². The molecule has 0 radical (unpaired) electrons. The highest BCUT2D eigenvalue weighted by Gasteiger charge is 2.37. The number of rotatable bonds is 3. The molecule has 0 amide bonds. The topological polar surface area (TPSA) is 60.9 Å². The summed E-state index contributed by atoms with van der Waals surface area (Å²) >= 11 is 0. The molecule has 2 saturated heterocycles. The number of hydrogen-bond acceptors (Lipinski definition) is 3. The summed E-state index contributed by atoms with van der Waals surface area (Å²) in [5.74, 6) is 0.881. The second-order valence-electron chi connectivity index (χ2n) is 6.12. The Kier molecular flexibility index (Phi) is 4.87. The standard InChI is InChI=1S/C13H26N2O3S/c1-11-3-8-15(12(2)9-11)19(17,18)14-6-4-13(10-16)5-7-14/h11-13,16H,3-10H2,1-2H3. The van der Waals surface area contributed by atoms with E-state index in [0.717, 1.165) is 25.7 Å². The molecular weight excluding hydrogens is 264 g/mol. The summed E-state index contributed by atoms with van der Waals surface area (Å²) in [6.07, 6.45) is 3.45. The van der Waals surface area contributed by atoms with Gasteiger partial charge in [-0.25, -0.2) is 0 Å². The average Bonchev–Trinajstić information content (AvgIpc) is 2.38. The molecule has 2 fully saturated rings. The van der Waals surface area contributed by atoms with Gasteiger partial charge in [0.2, 0.25) is 0 Å². The van der Waals surface area contributed by atoms with Crippen molar-refractivity contribution < 1.29 is 13.5 Å². The molecule has 0 aliphatic carbocycles. The van der Waals surface area contributed by atoms with Gasteiger partial charge in [-0.15, -0.1) is 0 Å². The van der Waals surface area contributed by atoms with E-state index in [4.69, 9.17) is 5.11 Å². The van der Waals surface area contributed by atoms with Crippen molar-refractivity contribution in [2.24, 2.45) is 11.8 Å². The molecule has 0 aromatic carbocycles. The lowest BCUT2D eigenvalue weighted by Crippen LogP contribution is -2.52. The summed E-state index contributed by atoms with van der Waals surface area (Å²) in [6, 6.07) is 0.101. The van der Waals surface area contributed by atoms with Crippen LogP contribution in [0.5, 0.6) is 0 Å². The molecule has 19 heavy (non-hydrogen) atoms. The average molecular weight is 290 g/mol. The summed E-state index contributed by atoms with van der Waals surface area (Å²) < 4.78 is 28.6. The Hall–Kier alpha value is -0.170. The molecule has 2 aliphatic heterocycles. The molecule has 5 nitrogen and oxygen atoms in total. The first-order valence-corrected chi connectivity index (χ1v) is 8.72. The fraction of sp³-hybridized carbons (Fsp3) is 1.00. The van der Waals surface area contributed by atoms with E-state index in [-0.39, 0.29) is 18.6 Å². The van der Waals surface area contributed by atoms with Gasteiger partial charge in [0, 0.05) is 32.3 Å². The largest absolute Gasteiger partial charge is 0.396 e.